The number of pyridine rings is 1. The zero-order valence-electron chi connectivity index (χ0n) is 19.4. The van der Waals surface area contributed by atoms with E-state index in [0.717, 1.165) is 37.9 Å². The first-order valence-corrected chi connectivity index (χ1v) is 13.2. The van der Waals surface area contributed by atoms with E-state index < -0.39 is 5.82 Å². The maximum absolute atomic E-state index is 15.0. The molecule has 33 heavy (non-hydrogen) atoms. The SMILES string of the molecule is CCCCOC(=O)N1CCNc2nc(SCC)nc3c(F)c(Cl)nc(c23)C(C)CC2CC[C@@H]21. The van der Waals surface area contributed by atoms with Gasteiger partial charge < -0.3 is 15.0 Å². The second kappa shape index (κ2) is 10.6. The highest BCUT2D eigenvalue weighted by atomic mass is 35.5. The van der Waals surface area contributed by atoms with Gasteiger partial charge in [-0.25, -0.2) is 24.1 Å². The summed E-state index contributed by atoms with van der Waals surface area (Å²) < 4.78 is 20.6. The number of amides is 1. The molecule has 3 heterocycles. The van der Waals surface area contributed by atoms with Gasteiger partial charge in [0.25, 0.3) is 0 Å². The van der Waals surface area contributed by atoms with E-state index in [1.807, 2.05) is 11.8 Å². The van der Waals surface area contributed by atoms with Crippen LogP contribution in [-0.2, 0) is 4.74 Å². The fraction of sp³-hybridized carbons (Fsp3) is 0.652. The topological polar surface area (TPSA) is 80.2 Å². The van der Waals surface area contributed by atoms with Crippen molar-refractivity contribution in [3.8, 4) is 0 Å². The molecule has 1 aliphatic heterocycles. The van der Waals surface area contributed by atoms with E-state index in [-0.39, 0.29) is 28.7 Å². The van der Waals surface area contributed by atoms with Crippen LogP contribution in [0.5, 0.6) is 0 Å². The van der Waals surface area contributed by atoms with Gasteiger partial charge in [-0.05, 0) is 43.3 Å². The van der Waals surface area contributed by atoms with Gasteiger partial charge in [0.15, 0.2) is 16.1 Å². The van der Waals surface area contributed by atoms with Crippen LogP contribution in [0.4, 0.5) is 15.0 Å². The highest BCUT2D eigenvalue weighted by molar-refractivity contribution is 7.99. The van der Waals surface area contributed by atoms with E-state index in [9.17, 15) is 4.79 Å². The predicted molar refractivity (Wildman–Crippen MR) is 130 cm³/mol. The zero-order valence-corrected chi connectivity index (χ0v) is 20.9. The summed E-state index contributed by atoms with van der Waals surface area (Å²) in [5.41, 5.74) is 0.905. The van der Waals surface area contributed by atoms with Gasteiger partial charge in [-0.1, -0.05) is 50.6 Å². The molecule has 0 bridgehead atoms. The Labute approximate surface area is 203 Å². The van der Waals surface area contributed by atoms with E-state index in [4.69, 9.17) is 16.3 Å². The molecule has 1 amide bonds. The van der Waals surface area contributed by atoms with Gasteiger partial charge in [0, 0.05) is 19.1 Å². The summed E-state index contributed by atoms with van der Waals surface area (Å²) in [6, 6.07) is 0.133. The van der Waals surface area contributed by atoms with Crippen molar-refractivity contribution >= 4 is 46.2 Å². The Morgan fingerprint density at radius 2 is 2.12 bits per heavy atom. The summed E-state index contributed by atoms with van der Waals surface area (Å²) in [7, 11) is 0. The molecule has 10 heteroatoms. The third-order valence-electron chi connectivity index (χ3n) is 6.53. The van der Waals surface area contributed by atoms with Crippen LogP contribution in [0.1, 0.15) is 64.5 Å². The van der Waals surface area contributed by atoms with E-state index >= 15 is 4.39 Å². The van der Waals surface area contributed by atoms with Crippen molar-refractivity contribution in [1.82, 2.24) is 19.9 Å². The van der Waals surface area contributed by atoms with Crippen molar-refractivity contribution in [2.45, 2.75) is 70.0 Å². The monoisotopic (exact) mass is 495 g/mol. The number of aromatic nitrogens is 3. The number of thioether (sulfide) groups is 1. The van der Waals surface area contributed by atoms with Gasteiger partial charge in [-0.3, -0.25) is 0 Å². The first-order chi connectivity index (χ1) is 15.9. The zero-order chi connectivity index (χ0) is 23.5. The molecule has 7 nitrogen and oxygen atoms in total. The number of ether oxygens (including phenoxy) is 1. The Bertz CT molecular complexity index is 1030. The number of fused-ring (bicyclic) bond motifs is 1. The Morgan fingerprint density at radius 1 is 1.30 bits per heavy atom. The van der Waals surface area contributed by atoms with Crippen LogP contribution in [0.2, 0.25) is 5.15 Å². The van der Waals surface area contributed by atoms with Crippen molar-refractivity contribution in [3.63, 3.8) is 0 Å². The number of rotatable bonds is 5. The van der Waals surface area contributed by atoms with Gasteiger partial charge in [0.1, 0.15) is 11.3 Å². The second-order valence-electron chi connectivity index (χ2n) is 8.74. The molecule has 1 aliphatic carbocycles. The quantitative estimate of drug-likeness (QED) is 0.240. The molecule has 1 saturated carbocycles. The number of carbonyl (C=O) groups is 1. The molecule has 4 rings (SSSR count). The molecule has 2 unspecified atom stereocenters. The highest BCUT2D eigenvalue weighted by Gasteiger charge is 2.40. The Morgan fingerprint density at radius 3 is 2.82 bits per heavy atom. The summed E-state index contributed by atoms with van der Waals surface area (Å²) in [4.78, 5) is 28.3. The van der Waals surface area contributed by atoms with E-state index in [2.05, 4.69) is 34.1 Å². The van der Waals surface area contributed by atoms with Gasteiger partial charge in [0.05, 0.1) is 17.7 Å². The van der Waals surface area contributed by atoms with Crippen LogP contribution in [0.3, 0.4) is 0 Å². The number of nitrogens with zero attached hydrogens (tertiary/aromatic N) is 4. The van der Waals surface area contributed by atoms with E-state index in [0.29, 0.717) is 47.7 Å². The minimum absolute atomic E-state index is 0.00305. The number of unbranched alkanes of at least 4 members (excludes halogenated alkanes) is 1. The number of nitrogens with one attached hydrogen (secondary N) is 1. The van der Waals surface area contributed by atoms with Gasteiger partial charge >= 0.3 is 6.09 Å². The van der Waals surface area contributed by atoms with E-state index in [1.165, 1.54) is 11.8 Å². The van der Waals surface area contributed by atoms with Crippen molar-refractivity contribution in [3.05, 3.63) is 16.7 Å². The molecular weight excluding hydrogens is 465 g/mol. The number of anilines is 1. The Kier molecular flexibility index (Phi) is 7.79. The predicted octanol–water partition coefficient (Wildman–Crippen LogP) is 5.87. The highest BCUT2D eigenvalue weighted by Crippen LogP contribution is 2.42. The van der Waals surface area contributed by atoms with Crippen LogP contribution >= 0.6 is 23.4 Å². The van der Waals surface area contributed by atoms with Crippen LogP contribution < -0.4 is 5.32 Å². The second-order valence-corrected chi connectivity index (χ2v) is 10.3. The lowest BCUT2D eigenvalue weighted by molar-refractivity contribution is 0.0350. The third kappa shape index (κ3) is 4.99. The Hall–Kier alpha value is -1.87. The van der Waals surface area contributed by atoms with E-state index in [1.54, 1.807) is 0 Å². The smallest absolute Gasteiger partial charge is 0.410 e. The van der Waals surface area contributed by atoms with Gasteiger partial charge in [-0.15, -0.1) is 0 Å². The fourth-order valence-electron chi connectivity index (χ4n) is 4.70. The van der Waals surface area contributed by atoms with Crippen molar-refractivity contribution in [2.24, 2.45) is 5.92 Å². The number of halogens is 2. The maximum Gasteiger partial charge on any atom is 0.410 e. The minimum atomic E-state index is -0.622. The average molecular weight is 496 g/mol. The summed E-state index contributed by atoms with van der Waals surface area (Å²) in [6.07, 6.45) is 4.38. The lowest BCUT2D eigenvalue weighted by atomic mass is 9.73. The molecule has 0 saturated heterocycles. The Balaban J connectivity index is 1.73. The molecular formula is C23H31ClFN5O2S. The normalized spacial score (nSPS) is 22.7. The fourth-order valence-corrected chi connectivity index (χ4v) is 5.46. The summed E-state index contributed by atoms with van der Waals surface area (Å²) in [5, 5.41) is 4.24. The largest absolute Gasteiger partial charge is 0.449 e. The maximum atomic E-state index is 15.0. The van der Waals surface area contributed by atoms with Crippen LogP contribution in [0.15, 0.2) is 5.16 Å². The lowest BCUT2D eigenvalue weighted by Gasteiger charge is -2.44. The lowest BCUT2D eigenvalue weighted by Crippen LogP contribution is -2.52. The first kappa shape index (κ1) is 24.3. The third-order valence-corrected chi connectivity index (χ3v) is 7.51. The minimum Gasteiger partial charge on any atom is -0.449 e. The molecule has 3 atom stereocenters. The molecule has 0 radical (unpaired) electrons. The van der Waals surface area contributed by atoms with Crippen molar-refractivity contribution in [1.29, 1.82) is 0 Å². The van der Waals surface area contributed by atoms with Gasteiger partial charge in [0.2, 0.25) is 0 Å². The van der Waals surface area contributed by atoms with Crippen LogP contribution in [0, 0.1) is 11.7 Å². The number of hydrogen-bond acceptors (Lipinski definition) is 7. The standard InChI is InChI=1S/C23H31ClFN5O2S/c1-4-6-11-32-23(31)30-10-9-26-21-16-18(13(3)12-14-7-8-15(14)30)27-20(24)17(25)19(16)28-22(29-21)33-5-2/h13-15H,4-12H2,1-3H3,(H,26,28,29)/t13?,14?,15-/m0/s1. The molecule has 2 aromatic rings. The van der Waals surface area contributed by atoms with Crippen LogP contribution in [-0.4, -0.2) is 57.4 Å². The number of hydrogen-bond donors (Lipinski definition) is 1. The molecule has 2 aliphatic rings. The van der Waals surface area contributed by atoms with Crippen molar-refractivity contribution in [2.75, 3.05) is 30.8 Å². The molecule has 2 aromatic heterocycles. The molecule has 180 valence electrons. The van der Waals surface area contributed by atoms with Crippen molar-refractivity contribution < 1.29 is 13.9 Å². The average Bonchev–Trinajstić information content (AvgIpc) is 2.79. The molecule has 1 fully saturated rings. The molecule has 0 spiro atoms. The molecule has 0 aromatic carbocycles. The summed E-state index contributed by atoms with van der Waals surface area (Å²) >= 11 is 7.64. The molecule has 1 N–H and O–H groups in total. The summed E-state index contributed by atoms with van der Waals surface area (Å²) in [5.74, 6) is 1.01. The number of carbonyl (C=O) groups excluding carboxylic acids is 1. The van der Waals surface area contributed by atoms with Gasteiger partial charge in [-0.2, -0.15) is 0 Å². The first-order valence-electron chi connectivity index (χ1n) is 11.8. The summed E-state index contributed by atoms with van der Waals surface area (Å²) in [6.45, 7) is 7.53. The van der Waals surface area contributed by atoms with Crippen LogP contribution in [0.25, 0.3) is 10.9 Å².